The number of benzene rings is 3. The SMILES string of the molecule is COc1c([N+](=O)[O-])cc(C(=O)OCCCCCCOC(=O)/C=C/c2ccc(OC(=O)c3ccc(OCCCC(F)(F)F)cc3)cc2)cc1[N+](=O)[O-]. The number of nitro groups is 2. The zero-order valence-electron chi connectivity index (χ0n) is 27.2. The molecule has 0 saturated carbocycles. The zero-order chi connectivity index (χ0) is 37.4. The van der Waals surface area contributed by atoms with Crippen LogP contribution in [0.1, 0.15) is 64.8 Å². The van der Waals surface area contributed by atoms with Crippen molar-refractivity contribution < 1.29 is 61.1 Å². The molecular weight excluding hydrogens is 685 g/mol. The molecule has 3 aromatic rings. The van der Waals surface area contributed by atoms with Crippen LogP contribution in [0, 0.1) is 20.2 Å². The van der Waals surface area contributed by atoms with Crippen LogP contribution in [0.5, 0.6) is 17.2 Å². The number of halogens is 3. The molecule has 3 rings (SSSR count). The summed E-state index contributed by atoms with van der Waals surface area (Å²) in [7, 11) is 1.04. The Kier molecular flexibility index (Phi) is 14.9. The Morgan fingerprint density at radius 3 is 1.84 bits per heavy atom. The normalized spacial score (nSPS) is 11.1. The second-order valence-electron chi connectivity index (χ2n) is 10.7. The largest absolute Gasteiger partial charge is 0.494 e. The first-order valence-electron chi connectivity index (χ1n) is 15.4. The molecule has 0 bridgehead atoms. The molecule has 0 N–H and O–H groups in total. The maximum Gasteiger partial charge on any atom is 0.389 e. The number of alkyl halides is 3. The number of unbranched alkanes of at least 4 members (excludes halogenated alkanes) is 3. The maximum absolute atomic E-state index is 12.4. The van der Waals surface area contributed by atoms with Crippen LogP contribution in [0.3, 0.4) is 0 Å². The summed E-state index contributed by atoms with van der Waals surface area (Å²) in [5.74, 6) is -2.19. The van der Waals surface area contributed by atoms with Gasteiger partial charge in [0, 0.05) is 24.6 Å². The number of nitrogens with zero attached hydrogens (tertiary/aromatic N) is 2. The number of nitro benzene ring substituents is 2. The van der Waals surface area contributed by atoms with Crippen LogP contribution < -0.4 is 14.2 Å². The van der Waals surface area contributed by atoms with Gasteiger partial charge in [0.25, 0.3) is 5.75 Å². The average molecular weight is 719 g/mol. The van der Waals surface area contributed by atoms with Crippen molar-refractivity contribution in [2.24, 2.45) is 0 Å². The predicted molar refractivity (Wildman–Crippen MR) is 174 cm³/mol. The van der Waals surface area contributed by atoms with Gasteiger partial charge in [-0.1, -0.05) is 12.1 Å². The van der Waals surface area contributed by atoms with Crippen LogP contribution >= 0.6 is 0 Å². The summed E-state index contributed by atoms with van der Waals surface area (Å²) in [5, 5.41) is 22.5. The maximum atomic E-state index is 12.4. The van der Waals surface area contributed by atoms with Crippen LogP contribution in [0.25, 0.3) is 6.08 Å². The monoisotopic (exact) mass is 718 g/mol. The Morgan fingerprint density at radius 2 is 1.29 bits per heavy atom. The van der Waals surface area contributed by atoms with E-state index < -0.39 is 57.5 Å². The molecular formula is C34H33F3N2O12. The first-order chi connectivity index (χ1) is 24.3. The molecule has 272 valence electrons. The molecule has 0 fully saturated rings. The molecule has 0 amide bonds. The molecule has 0 aliphatic rings. The minimum Gasteiger partial charge on any atom is -0.494 e. The van der Waals surface area contributed by atoms with Crippen molar-refractivity contribution in [2.45, 2.75) is 44.7 Å². The second kappa shape index (κ2) is 19.3. The molecule has 0 spiro atoms. The Hall–Kier alpha value is -6.00. The first-order valence-corrected chi connectivity index (χ1v) is 15.4. The van der Waals surface area contributed by atoms with E-state index in [9.17, 15) is 47.8 Å². The van der Waals surface area contributed by atoms with E-state index in [2.05, 4.69) is 0 Å². The highest BCUT2D eigenvalue weighted by atomic mass is 19.4. The molecule has 51 heavy (non-hydrogen) atoms. The molecule has 0 saturated heterocycles. The lowest BCUT2D eigenvalue weighted by Crippen LogP contribution is -2.10. The van der Waals surface area contributed by atoms with E-state index in [1.807, 2.05) is 0 Å². The number of methoxy groups -OCH3 is 1. The number of carbonyl (C=O) groups is 3. The van der Waals surface area contributed by atoms with E-state index >= 15 is 0 Å². The van der Waals surface area contributed by atoms with E-state index in [1.165, 1.54) is 48.6 Å². The van der Waals surface area contributed by atoms with Crippen molar-refractivity contribution in [1.82, 2.24) is 0 Å². The van der Waals surface area contributed by atoms with Crippen LogP contribution in [-0.2, 0) is 14.3 Å². The second-order valence-corrected chi connectivity index (χ2v) is 10.7. The molecule has 0 atom stereocenters. The lowest BCUT2D eigenvalue weighted by Gasteiger charge is -2.09. The van der Waals surface area contributed by atoms with Crippen molar-refractivity contribution >= 4 is 35.4 Å². The molecule has 0 unspecified atom stereocenters. The Labute approximate surface area is 289 Å². The van der Waals surface area contributed by atoms with Gasteiger partial charge < -0.3 is 23.7 Å². The Bertz CT molecular complexity index is 1670. The summed E-state index contributed by atoms with van der Waals surface area (Å²) >= 11 is 0. The van der Waals surface area contributed by atoms with Gasteiger partial charge in [0.1, 0.15) is 11.5 Å². The summed E-state index contributed by atoms with van der Waals surface area (Å²) in [4.78, 5) is 57.6. The van der Waals surface area contributed by atoms with Crippen LogP contribution in [0.15, 0.2) is 66.7 Å². The summed E-state index contributed by atoms with van der Waals surface area (Å²) in [6, 6.07) is 13.8. The van der Waals surface area contributed by atoms with Crippen molar-refractivity contribution in [2.75, 3.05) is 26.9 Å². The fourth-order valence-corrected chi connectivity index (χ4v) is 4.35. The summed E-state index contributed by atoms with van der Waals surface area (Å²) < 4.78 is 62.3. The average Bonchev–Trinajstić information content (AvgIpc) is 3.09. The Morgan fingerprint density at radius 1 is 0.725 bits per heavy atom. The molecule has 3 aromatic carbocycles. The standard InChI is InChI=1S/C34H33F3N2O12/c1-47-31-28(38(43)44)21-25(22-29(31)39(45)46)32(41)50-19-5-3-2-4-18-49-30(40)16-9-23-7-12-27(13-8-23)51-33(42)24-10-14-26(15-11-24)48-20-6-17-34(35,36)37/h7-16,21-22H,2-6,17-20H2,1H3/b16-9+. The number of esters is 3. The van der Waals surface area contributed by atoms with Crippen LogP contribution in [0.2, 0.25) is 0 Å². The highest BCUT2D eigenvalue weighted by molar-refractivity contribution is 5.92. The van der Waals surface area contributed by atoms with Crippen LogP contribution in [0.4, 0.5) is 24.5 Å². The molecule has 14 nitrogen and oxygen atoms in total. The summed E-state index contributed by atoms with van der Waals surface area (Å²) in [6.45, 7) is -0.00514. The van der Waals surface area contributed by atoms with Gasteiger partial charge in [0.05, 0.1) is 47.9 Å². The van der Waals surface area contributed by atoms with E-state index in [1.54, 1.807) is 12.1 Å². The van der Waals surface area contributed by atoms with Gasteiger partial charge in [-0.15, -0.1) is 0 Å². The van der Waals surface area contributed by atoms with E-state index in [4.69, 9.17) is 23.7 Å². The van der Waals surface area contributed by atoms with Crippen molar-refractivity contribution in [3.63, 3.8) is 0 Å². The van der Waals surface area contributed by atoms with E-state index in [0.29, 0.717) is 37.0 Å². The van der Waals surface area contributed by atoms with Crippen molar-refractivity contribution in [1.29, 1.82) is 0 Å². The summed E-state index contributed by atoms with van der Waals surface area (Å²) in [5.41, 5.74) is -0.985. The fourth-order valence-electron chi connectivity index (χ4n) is 4.35. The lowest BCUT2D eigenvalue weighted by atomic mass is 10.1. The minimum atomic E-state index is -4.24. The molecule has 17 heteroatoms. The number of carbonyl (C=O) groups excluding carboxylic acids is 3. The highest BCUT2D eigenvalue weighted by Gasteiger charge is 2.30. The third-order valence-corrected chi connectivity index (χ3v) is 6.86. The molecule has 0 aliphatic carbocycles. The number of hydrogen-bond donors (Lipinski definition) is 0. The van der Waals surface area contributed by atoms with Gasteiger partial charge in [-0.05, 0) is 80.1 Å². The van der Waals surface area contributed by atoms with Gasteiger partial charge in [-0.2, -0.15) is 13.2 Å². The fraction of sp³-hybridized carbons (Fsp3) is 0.324. The minimum absolute atomic E-state index is 0.0329. The van der Waals surface area contributed by atoms with E-state index in [-0.39, 0.29) is 43.1 Å². The zero-order valence-corrected chi connectivity index (χ0v) is 27.2. The summed E-state index contributed by atoms with van der Waals surface area (Å²) in [6.07, 6.45) is -0.414. The van der Waals surface area contributed by atoms with Crippen molar-refractivity contribution in [3.05, 3.63) is 104 Å². The quantitative estimate of drug-likeness (QED) is 0.0299. The van der Waals surface area contributed by atoms with Crippen LogP contribution in [-0.4, -0.2) is 60.9 Å². The van der Waals surface area contributed by atoms with Gasteiger partial charge >= 0.3 is 35.5 Å². The molecule has 0 aromatic heterocycles. The Balaban J connectivity index is 1.31. The van der Waals surface area contributed by atoms with Gasteiger partial charge in [0.2, 0.25) is 0 Å². The third kappa shape index (κ3) is 13.4. The third-order valence-electron chi connectivity index (χ3n) is 6.86. The number of ether oxygens (including phenoxy) is 5. The molecule has 0 radical (unpaired) electrons. The molecule has 0 heterocycles. The number of hydrogen-bond acceptors (Lipinski definition) is 12. The van der Waals surface area contributed by atoms with Gasteiger partial charge in [-0.25, -0.2) is 14.4 Å². The van der Waals surface area contributed by atoms with Gasteiger partial charge in [0.15, 0.2) is 0 Å². The smallest absolute Gasteiger partial charge is 0.389 e. The number of rotatable bonds is 19. The first kappa shape index (κ1) is 39.4. The molecule has 0 aliphatic heterocycles. The topological polar surface area (TPSA) is 184 Å². The predicted octanol–water partition coefficient (Wildman–Crippen LogP) is 7.43. The lowest BCUT2D eigenvalue weighted by molar-refractivity contribution is -0.395. The van der Waals surface area contributed by atoms with Crippen molar-refractivity contribution in [3.8, 4) is 17.2 Å². The van der Waals surface area contributed by atoms with E-state index in [0.717, 1.165) is 19.2 Å². The highest BCUT2D eigenvalue weighted by Crippen LogP contribution is 2.38. The van der Waals surface area contributed by atoms with Gasteiger partial charge in [-0.3, -0.25) is 20.2 Å².